The number of aromatic nitrogens is 2. The maximum absolute atomic E-state index is 5.76. The zero-order valence-electron chi connectivity index (χ0n) is 12.8. The molecule has 0 aliphatic heterocycles. The number of methoxy groups -OCH3 is 1. The minimum absolute atomic E-state index is 0.419. The zero-order chi connectivity index (χ0) is 15.5. The summed E-state index contributed by atoms with van der Waals surface area (Å²) in [4.78, 5) is 0. The molecule has 2 aromatic carbocycles. The Bertz CT molecular complexity index is 758. The molecule has 4 heteroatoms. The van der Waals surface area contributed by atoms with E-state index in [-0.39, 0.29) is 0 Å². The molecule has 0 radical (unpaired) electrons. The van der Waals surface area contributed by atoms with Crippen LogP contribution >= 0.6 is 0 Å². The van der Waals surface area contributed by atoms with E-state index in [0.29, 0.717) is 6.54 Å². The van der Waals surface area contributed by atoms with Crippen LogP contribution < -0.4 is 10.5 Å². The summed E-state index contributed by atoms with van der Waals surface area (Å²) in [7, 11) is 1.66. The van der Waals surface area contributed by atoms with Gasteiger partial charge in [-0.1, -0.05) is 29.8 Å². The number of benzene rings is 2. The van der Waals surface area contributed by atoms with E-state index in [1.165, 1.54) is 5.56 Å². The average Bonchev–Trinajstić information content (AvgIpc) is 3.00. The van der Waals surface area contributed by atoms with Crippen LogP contribution in [0.25, 0.3) is 16.9 Å². The molecule has 112 valence electrons. The molecule has 3 rings (SSSR count). The van der Waals surface area contributed by atoms with Crippen molar-refractivity contribution in [1.29, 1.82) is 0 Å². The number of hydrogen-bond acceptors (Lipinski definition) is 3. The monoisotopic (exact) mass is 293 g/mol. The van der Waals surface area contributed by atoms with E-state index >= 15 is 0 Å². The third kappa shape index (κ3) is 2.73. The van der Waals surface area contributed by atoms with Crippen molar-refractivity contribution in [3.8, 4) is 22.7 Å². The molecule has 0 saturated heterocycles. The first-order valence-corrected chi connectivity index (χ1v) is 7.22. The minimum Gasteiger partial charge on any atom is -0.497 e. The van der Waals surface area contributed by atoms with Gasteiger partial charge in [0, 0.05) is 12.1 Å². The predicted octanol–water partition coefficient (Wildman–Crippen LogP) is 3.32. The lowest BCUT2D eigenvalue weighted by Crippen LogP contribution is -2.02. The van der Waals surface area contributed by atoms with Crippen molar-refractivity contribution in [1.82, 2.24) is 9.78 Å². The largest absolute Gasteiger partial charge is 0.497 e. The molecular weight excluding hydrogens is 274 g/mol. The number of aryl methyl sites for hydroxylation is 1. The van der Waals surface area contributed by atoms with Gasteiger partial charge in [0.25, 0.3) is 0 Å². The minimum atomic E-state index is 0.419. The fourth-order valence-electron chi connectivity index (χ4n) is 2.38. The Kier molecular flexibility index (Phi) is 3.94. The van der Waals surface area contributed by atoms with Crippen molar-refractivity contribution in [2.24, 2.45) is 5.73 Å². The van der Waals surface area contributed by atoms with Crippen LogP contribution in [0, 0.1) is 6.92 Å². The molecule has 0 fully saturated rings. The maximum Gasteiger partial charge on any atom is 0.119 e. The van der Waals surface area contributed by atoms with E-state index in [1.54, 1.807) is 7.11 Å². The highest BCUT2D eigenvalue weighted by molar-refractivity contribution is 5.63. The first-order chi connectivity index (χ1) is 10.7. The summed E-state index contributed by atoms with van der Waals surface area (Å²) in [6.45, 7) is 2.50. The van der Waals surface area contributed by atoms with Crippen molar-refractivity contribution in [3.05, 3.63) is 65.9 Å². The summed E-state index contributed by atoms with van der Waals surface area (Å²) in [5.41, 5.74) is 11.0. The Balaban J connectivity index is 2.09. The molecule has 0 aliphatic rings. The molecule has 3 aromatic rings. The van der Waals surface area contributed by atoms with Crippen LogP contribution in [0.4, 0.5) is 0 Å². The van der Waals surface area contributed by atoms with Crippen LogP contribution in [0.5, 0.6) is 5.75 Å². The number of hydrogen-bond donors (Lipinski definition) is 1. The summed E-state index contributed by atoms with van der Waals surface area (Å²) >= 11 is 0. The highest BCUT2D eigenvalue weighted by atomic mass is 16.5. The molecule has 1 heterocycles. The molecule has 22 heavy (non-hydrogen) atoms. The Morgan fingerprint density at radius 2 is 1.73 bits per heavy atom. The maximum atomic E-state index is 5.76. The quantitative estimate of drug-likeness (QED) is 0.803. The number of ether oxygens (including phenoxy) is 1. The van der Waals surface area contributed by atoms with E-state index in [4.69, 9.17) is 10.5 Å². The van der Waals surface area contributed by atoms with Gasteiger partial charge in [0.2, 0.25) is 0 Å². The summed E-state index contributed by atoms with van der Waals surface area (Å²) in [5.74, 6) is 0.826. The highest BCUT2D eigenvalue weighted by Crippen LogP contribution is 2.25. The van der Waals surface area contributed by atoms with Gasteiger partial charge < -0.3 is 10.5 Å². The standard InChI is InChI=1S/C18H19N3O/c1-13-3-5-14(6-4-13)18-11-15(12-19)20-21(18)16-7-9-17(22-2)10-8-16/h3-11H,12,19H2,1-2H3. The van der Waals surface area contributed by atoms with Gasteiger partial charge in [0.1, 0.15) is 5.75 Å². The first kappa shape index (κ1) is 14.4. The summed E-state index contributed by atoms with van der Waals surface area (Å²) in [5, 5.41) is 4.60. The zero-order valence-corrected chi connectivity index (χ0v) is 12.8. The van der Waals surface area contributed by atoms with Gasteiger partial charge in [-0.15, -0.1) is 0 Å². The van der Waals surface area contributed by atoms with Crippen molar-refractivity contribution in [3.63, 3.8) is 0 Å². The molecular formula is C18H19N3O. The Hall–Kier alpha value is -2.59. The molecule has 0 amide bonds. The third-order valence-corrected chi connectivity index (χ3v) is 3.63. The lowest BCUT2D eigenvalue weighted by atomic mass is 10.1. The molecule has 2 N–H and O–H groups in total. The number of nitrogens with two attached hydrogens (primary N) is 1. The van der Waals surface area contributed by atoms with Gasteiger partial charge >= 0.3 is 0 Å². The SMILES string of the molecule is COc1ccc(-n2nc(CN)cc2-c2ccc(C)cc2)cc1. The average molecular weight is 293 g/mol. The number of nitrogens with zero attached hydrogens (tertiary/aromatic N) is 2. The van der Waals surface area contributed by atoms with Gasteiger partial charge in [0.15, 0.2) is 0 Å². The normalized spacial score (nSPS) is 10.7. The Labute approximate surface area is 130 Å². The molecule has 4 nitrogen and oxygen atoms in total. The van der Waals surface area contributed by atoms with E-state index in [2.05, 4.69) is 36.3 Å². The highest BCUT2D eigenvalue weighted by Gasteiger charge is 2.11. The van der Waals surface area contributed by atoms with Gasteiger partial charge in [-0.25, -0.2) is 4.68 Å². The van der Waals surface area contributed by atoms with Crippen molar-refractivity contribution >= 4 is 0 Å². The van der Waals surface area contributed by atoms with Gasteiger partial charge in [-0.2, -0.15) is 5.10 Å². The molecule has 0 atom stereocenters. The Morgan fingerprint density at radius 3 is 2.32 bits per heavy atom. The Morgan fingerprint density at radius 1 is 1.05 bits per heavy atom. The molecule has 0 spiro atoms. The summed E-state index contributed by atoms with van der Waals surface area (Å²) < 4.78 is 7.13. The van der Waals surface area contributed by atoms with Gasteiger partial charge in [-0.3, -0.25) is 0 Å². The van der Waals surface area contributed by atoms with Gasteiger partial charge in [-0.05, 0) is 37.3 Å². The second-order valence-electron chi connectivity index (χ2n) is 5.20. The molecule has 0 saturated carbocycles. The summed E-state index contributed by atoms with van der Waals surface area (Å²) in [6.07, 6.45) is 0. The second kappa shape index (κ2) is 6.03. The van der Waals surface area contributed by atoms with Crippen LogP contribution in [-0.4, -0.2) is 16.9 Å². The van der Waals surface area contributed by atoms with E-state index in [0.717, 1.165) is 28.4 Å². The molecule has 1 aromatic heterocycles. The molecule has 0 aliphatic carbocycles. The van der Waals surface area contributed by atoms with E-state index in [9.17, 15) is 0 Å². The van der Waals surface area contributed by atoms with Crippen LogP contribution in [0.15, 0.2) is 54.6 Å². The van der Waals surface area contributed by atoms with Gasteiger partial charge in [0.05, 0.1) is 24.2 Å². The third-order valence-electron chi connectivity index (χ3n) is 3.63. The lowest BCUT2D eigenvalue weighted by Gasteiger charge is -2.09. The fourth-order valence-corrected chi connectivity index (χ4v) is 2.38. The van der Waals surface area contributed by atoms with Crippen LogP contribution in [0.2, 0.25) is 0 Å². The van der Waals surface area contributed by atoms with E-state index in [1.807, 2.05) is 35.0 Å². The first-order valence-electron chi connectivity index (χ1n) is 7.22. The van der Waals surface area contributed by atoms with Crippen LogP contribution in [-0.2, 0) is 6.54 Å². The fraction of sp³-hybridized carbons (Fsp3) is 0.167. The lowest BCUT2D eigenvalue weighted by molar-refractivity contribution is 0.414. The topological polar surface area (TPSA) is 53.1 Å². The number of rotatable bonds is 4. The van der Waals surface area contributed by atoms with Crippen molar-refractivity contribution in [2.45, 2.75) is 13.5 Å². The van der Waals surface area contributed by atoms with Crippen molar-refractivity contribution in [2.75, 3.05) is 7.11 Å². The predicted molar refractivity (Wildman–Crippen MR) is 88.2 cm³/mol. The molecule has 0 unspecified atom stereocenters. The van der Waals surface area contributed by atoms with E-state index < -0.39 is 0 Å². The van der Waals surface area contributed by atoms with Crippen LogP contribution in [0.1, 0.15) is 11.3 Å². The smallest absolute Gasteiger partial charge is 0.119 e. The summed E-state index contributed by atoms with van der Waals surface area (Å²) in [6, 6.07) is 18.3. The molecule has 0 bridgehead atoms. The van der Waals surface area contributed by atoms with Crippen molar-refractivity contribution < 1.29 is 4.74 Å². The second-order valence-corrected chi connectivity index (χ2v) is 5.20. The van der Waals surface area contributed by atoms with Crippen LogP contribution in [0.3, 0.4) is 0 Å².